The van der Waals surface area contributed by atoms with Gasteiger partial charge in [0.15, 0.2) is 26.4 Å². The molecule has 2 rings (SSSR count). The second-order valence-electron chi connectivity index (χ2n) is 10.1. The zero-order valence-corrected chi connectivity index (χ0v) is 22.4. The van der Waals surface area contributed by atoms with Gasteiger partial charge in [-0.25, -0.2) is 0 Å². The van der Waals surface area contributed by atoms with Crippen LogP contribution < -0.4 is 0 Å². The fraction of sp³-hybridized carbons (Fsp3) is 0.792. The standard InChI is InChI=1S/C24H41NO7Si/c1-9-10-14-29-20-12-11-13-24(32-33(6,7)8)21(20)31-23(22(24)30-19(5)28)25(18(4)27)15-16(2)17(3)26/h15,20-23H,9-14H2,1-8H3/b16-15-/t20-,21-,22-,23+,24-/m0/s1. The summed E-state index contributed by atoms with van der Waals surface area (Å²) in [4.78, 5) is 38.2. The van der Waals surface area contributed by atoms with Crippen LogP contribution in [-0.4, -0.2) is 67.6 Å². The van der Waals surface area contributed by atoms with Crippen molar-refractivity contribution in [2.75, 3.05) is 6.61 Å². The van der Waals surface area contributed by atoms with E-state index in [9.17, 15) is 14.4 Å². The number of amides is 1. The maximum atomic E-state index is 12.7. The molecule has 0 bridgehead atoms. The highest BCUT2D eigenvalue weighted by Gasteiger charge is 2.65. The third-order valence-electron chi connectivity index (χ3n) is 6.05. The van der Waals surface area contributed by atoms with Gasteiger partial charge >= 0.3 is 5.97 Å². The Morgan fingerprint density at radius 3 is 2.33 bits per heavy atom. The van der Waals surface area contributed by atoms with Crippen LogP contribution in [0.3, 0.4) is 0 Å². The highest BCUT2D eigenvalue weighted by Crippen LogP contribution is 2.48. The van der Waals surface area contributed by atoms with E-state index in [4.69, 9.17) is 18.6 Å². The molecule has 1 heterocycles. The first-order valence-corrected chi connectivity index (χ1v) is 15.4. The molecule has 0 radical (unpaired) electrons. The lowest BCUT2D eigenvalue weighted by atomic mass is 9.78. The van der Waals surface area contributed by atoms with Crippen molar-refractivity contribution in [3.05, 3.63) is 11.8 Å². The topological polar surface area (TPSA) is 91.4 Å². The van der Waals surface area contributed by atoms with Crippen molar-refractivity contribution in [3.63, 3.8) is 0 Å². The fourth-order valence-corrected chi connectivity index (χ4v) is 6.11. The van der Waals surface area contributed by atoms with Gasteiger partial charge < -0.3 is 18.6 Å². The first-order valence-electron chi connectivity index (χ1n) is 11.9. The number of carbonyl (C=O) groups excluding carboxylic acids is 3. The molecule has 0 unspecified atom stereocenters. The Hall–Kier alpha value is -1.55. The van der Waals surface area contributed by atoms with E-state index in [0.717, 1.165) is 25.7 Å². The molecule has 8 nitrogen and oxygen atoms in total. The molecule has 1 saturated heterocycles. The molecule has 0 aromatic heterocycles. The molecular formula is C24H41NO7Si. The van der Waals surface area contributed by atoms with Crippen LogP contribution in [0.1, 0.15) is 66.7 Å². The second-order valence-corrected chi connectivity index (χ2v) is 14.5. The third-order valence-corrected chi connectivity index (χ3v) is 7.04. The number of Topliss-reactive ketones (excluding diaryl/α,β-unsaturated/α-hetero) is 1. The van der Waals surface area contributed by atoms with Crippen LogP contribution in [0.15, 0.2) is 11.8 Å². The van der Waals surface area contributed by atoms with Crippen LogP contribution in [0.4, 0.5) is 0 Å². The van der Waals surface area contributed by atoms with E-state index in [-0.39, 0.29) is 17.8 Å². The predicted octanol–water partition coefficient (Wildman–Crippen LogP) is 3.94. The van der Waals surface area contributed by atoms with Gasteiger partial charge in [-0.2, -0.15) is 0 Å². The normalized spacial score (nSPS) is 30.0. The number of carbonyl (C=O) groups is 3. The van der Waals surface area contributed by atoms with E-state index in [2.05, 4.69) is 26.6 Å². The number of nitrogens with zero attached hydrogens (tertiary/aromatic N) is 1. The molecule has 0 aromatic rings. The van der Waals surface area contributed by atoms with Crippen molar-refractivity contribution in [2.45, 2.75) is 117 Å². The van der Waals surface area contributed by atoms with Crippen LogP contribution in [0.25, 0.3) is 0 Å². The van der Waals surface area contributed by atoms with E-state index < -0.39 is 38.3 Å². The summed E-state index contributed by atoms with van der Waals surface area (Å²) >= 11 is 0. The Bertz CT molecular complexity index is 762. The molecule has 0 aromatic carbocycles. The Morgan fingerprint density at radius 2 is 1.82 bits per heavy atom. The predicted molar refractivity (Wildman–Crippen MR) is 127 cm³/mol. The largest absolute Gasteiger partial charge is 0.455 e. The summed E-state index contributed by atoms with van der Waals surface area (Å²) in [6.45, 7) is 14.8. The number of rotatable bonds is 10. The summed E-state index contributed by atoms with van der Waals surface area (Å²) in [7, 11) is -2.14. The van der Waals surface area contributed by atoms with Gasteiger partial charge in [-0.3, -0.25) is 19.3 Å². The van der Waals surface area contributed by atoms with Crippen LogP contribution in [0.5, 0.6) is 0 Å². The van der Waals surface area contributed by atoms with E-state index in [1.165, 1.54) is 31.9 Å². The molecule has 5 atom stereocenters. The highest BCUT2D eigenvalue weighted by molar-refractivity contribution is 6.69. The first kappa shape index (κ1) is 27.7. The lowest BCUT2D eigenvalue weighted by Gasteiger charge is -2.47. The molecule has 188 valence electrons. The minimum absolute atomic E-state index is 0.158. The van der Waals surface area contributed by atoms with Gasteiger partial charge in [-0.05, 0) is 59.2 Å². The molecule has 1 aliphatic carbocycles. The Balaban J connectivity index is 2.58. The van der Waals surface area contributed by atoms with Gasteiger partial charge in [0.05, 0.1) is 6.10 Å². The second kappa shape index (κ2) is 11.2. The summed E-state index contributed by atoms with van der Waals surface area (Å²) in [5.74, 6) is -0.949. The number of ether oxygens (including phenoxy) is 3. The number of fused-ring (bicyclic) bond motifs is 1. The molecule has 2 fully saturated rings. The number of unbranched alkanes of at least 4 members (excludes halogenated alkanes) is 1. The molecule has 2 aliphatic rings. The van der Waals surface area contributed by atoms with Crippen LogP contribution in [-0.2, 0) is 33.0 Å². The van der Waals surface area contributed by atoms with E-state index in [1.54, 1.807) is 6.92 Å². The van der Waals surface area contributed by atoms with Gasteiger partial charge in [0.2, 0.25) is 5.91 Å². The van der Waals surface area contributed by atoms with Gasteiger partial charge in [-0.1, -0.05) is 13.3 Å². The van der Waals surface area contributed by atoms with Gasteiger partial charge in [0.25, 0.3) is 0 Å². The average molecular weight is 484 g/mol. The third kappa shape index (κ3) is 6.74. The fourth-order valence-electron chi connectivity index (χ4n) is 4.64. The van der Waals surface area contributed by atoms with Crippen molar-refractivity contribution in [2.24, 2.45) is 0 Å². The summed E-state index contributed by atoms with van der Waals surface area (Å²) in [6, 6.07) is 0. The monoisotopic (exact) mass is 483 g/mol. The molecular weight excluding hydrogens is 442 g/mol. The molecule has 1 aliphatic heterocycles. The molecule has 1 saturated carbocycles. The van der Waals surface area contributed by atoms with Gasteiger partial charge in [0, 0.05) is 32.2 Å². The Morgan fingerprint density at radius 1 is 1.15 bits per heavy atom. The Kier molecular flexibility index (Phi) is 9.44. The number of allylic oxidation sites excluding steroid dienone is 1. The lowest BCUT2D eigenvalue weighted by Crippen LogP contribution is -2.62. The number of ketones is 1. The first-order chi connectivity index (χ1) is 15.3. The van der Waals surface area contributed by atoms with Gasteiger partial charge in [0.1, 0.15) is 11.7 Å². The van der Waals surface area contributed by atoms with Crippen LogP contribution >= 0.6 is 0 Å². The van der Waals surface area contributed by atoms with Crippen molar-refractivity contribution in [3.8, 4) is 0 Å². The summed E-state index contributed by atoms with van der Waals surface area (Å²) < 4.78 is 25.4. The zero-order chi connectivity index (χ0) is 25.0. The lowest BCUT2D eigenvalue weighted by molar-refractivity contribution is -0.171. The maximum absolute atomic E-state index is 12.7. The van der Waals surface area contributed by atoms with Crippen LogP contribution in [0, 0.1) is 0 Å². The molecule has 9 heteroatoms. The molecule has 33 heavy (non-hydrogen) atoms. The van der Waals surface area contributed by atoms with E-state index in [0.29, 0.717) is 18.6 Å². The summed E-state index contributed by atoms with van der Waals surface area (Å²) in [5.41, 5.74) is -0.525. The zero-order valence-electron chi connectivity index (χ0n) is 21.4. The molecule has 1 amide bonds. The quantitative estimate of drug-likeness (QED) is 0.201. The summed E-state index contributed by atoms with van der Waals surface area (Å²) in [6.07, 6.45) is 3.18. The van der Waals surface area contributed by atoms with Crippen molar-refractivity contribution >= 4 is 26.0 Å². The smallest absolute Gasteiger partial charge is 0.303 e. The van der Waals surface area contributed by atoms with Crippen molar-refractivity contribution in [1.82, 2.24) is 4.90 Å². The minimum Gasteiger partial charge on any atom is -0.455 e. The van der Waals surface area contributed by atoms with Gasteiger partial charge in [-0.15, -0.1) is 0 Å². The molecule has 0 N–H and O–H groups in total. The number of hydrogen-bond acceptors (Lipinski definition) is 7. The van der Waals surface area contributed by atoms with Crippen molar-refractivity contribution in [1.29, 1.82) is 0 Å². The SMILES string of the molecule is CCCCO[C@H]1CCC[C@]2(O[Si](C)(C)C)[C@H]1O[C@@H](N(/C=C(/C)C(C)=O)C(C)=O)[C@@H]2OC(C)=O. The number of esters is 1. The van der Waals surface area contributed by atoms with Crippen LogP contribution in [0.2, 0.25) is 19.6 Å². The van der Waals surface area contributed by atoms with E-state index >= 15 is 0 Å². The van der Waals surface area contributed by atoms with Crippen molar-refractivity contribution < 1.29 is 33.0 Å². The van der Waals surface area contributed by atoms with E-state index in [1.807, 2.05) is 0 Å². The number of hydrogen-bond donors (Lipinski definition) is 0. The summed E-state index contributed by atoms with van der Waals surface area (Å²) in [5, 5.41) is 0. The average Bonchev–Trinajstić information content (AvgIpc) is 2.98. The minimum atomic E-state index is -2.14. The molecule has 0 spiro atoms. The highest BCUT2D eigenvalue weighted by atomic mass is 28.4. The maximum Gasteiger partial charge on any atom is 0.303 e. The Labute approximate surface area is 199 Å².